The minimum absolute atomic E-state index is 0.0344. The van der Waals surface area contributed by atoms with Crippen LogP contribution < -0.4 is 5.32 Å². The van der Waals surface area contributed by atoms with Crippen LogP contribution in [-0.4, -0.2) is 23.6 Å². The van der Waals surface area contributed by atoms with Crippen molar-refractivity contribution < 1.29 is 9.53 Å². The number of ether oxygens (including phenoxy) is 1. The first-order valence-corrected chi connectivity index (χ1v) is 6.52. The molecule has 0 aliphatic rings. The maximum atomic E-state index is 11.8. The van der Waals surface area contributed by atoms with E-state index in [4.69, 9.17) is 4.74 Å². The maximum Gasteiger partial charge on any atom is 0.323 e. The molecule has 0 bridgehead atoms. The van der Waals surface area contributed by atoms with Gasteiger partial charge >= 0.3 is 5.97 Å². The number of carbonyl (C=O) groups excluding carboxylic acids is 1. The summed E-state index contributed by atoms with van der Waals surface area (Å²) in [6.07, 6.45) is 3.47. The molecule has 100 valence electrons. The van der Waals surface area contributed by atoms with Crippen molar-refractivity contribution in [3.63, 3.8) is 0 Å². The largest absolute Gasteiger partial charge is 0.465 e. The van der Waals surface area contributed by atoms with Crippen LogP contribution in [0.3, 0.4) is 0 Å². The third-order valence-electron chi connectivity index (χ3n) is 2.73. The van der Waals surface area contributed by atoms with E-state index in [1.807, 2.05) is 32.0 Å². The highest BCUT2D eigenvalue weighted by Gasteiger charge is 2.21. The molecule has 1 heterocycles. The van der Waals surface area contributed by atoms with Gasteiger partial charge in [0.05, 0.1) is 12.3 Å². The summed E-state index contributed by atoms with van der Waals surface area (Å²) in [6.45, 7) is 6.30. The van der Waals surface area contributed by atoms with Gasteiger partial charge in [-0.25, -0.2) is 0 Å². The number of esters is 1. The molecule has 1 aromatic rings. The van der Waals surface area contributed by atoms with Crippen molar-refractivity contribution in [2.24, 2.45) is 0 Å². The normalized spacial score (nSPS) is 13.9. The van der Waals surface area contributed by atoms with Crippen LogP contribution >= 0.6 is 0 Å². The van der Waals surface area contributed by atoms with E-state index in [2.05, 4.69) is 17.2 Å². The van der Waals surface area contributed by atoms with E-state index in [0.717, 1.165) is 18.5 Å². The van der Waals surface area contributed by atoms with Crippen LogP contribution in [0.15, 0.2) is 24.4 Å². The number of nitrogens with one attached hydrogen (secondary N) is 1. The van der Waals surface area contributed by atoms with Crippen LogP contribution in [-0.2, 0) is 9.53 Å². The zero-order valence-corrected chi connectivity index (χ0v) is 11.3. The third kappa shape index (κ3) is 4.45. The first kappa shape index (κ1) is 14.6. The number of hydrogen-bond donors (Lipinski definition) is 1. The monoisotopic (exact) mass is 250 g/mol. The lowest BCUT2D eigenvalue weighted by molar-refractivity contribution is -0.146. The van der Waals surface area contributed by atoms with Gasteiger partial charge in [0, 0.05) is 12.2 Å². The van der Waals surface area contributed by atoms with Crippen molar-refractivity contribution in [3.8, 4) is 0 Å². The molecule has 0 aromatic carbocycles. The second-order valence-electron chi connectivity index (χ2n) is 4.24. The summed E-state index contributed by atoms with van der Waals surface area (Å²) >= 11 is 0. The fourth-order valence-electron chi connectivity index (χ4n) is 1.82. The second kappa shape index (κ2) is 7.82. The van der Waals surface area contributed by atoms with Gasteiger partial charge in [-0.3, -0.25) is 15.1 Å². The Kier molecular flexibility index (Phi) is 6.36. The van der Waals surface area contributed by atoms with Gasteiger partial charge in [0.25, 0.3) is 0 Å². The highest BCUT2D eigenvalue weighted by atomic mass is 16.5. The molecule has 0 saturated heterocycles. The summed E-state index contributed by atoms with van der Waals surface area (Å²) in [4.78, 5) is 16.1. The van der Waals surface area contributed by atoms with Crippen molar-refractivity contribution in [3.05, 3.63) is 30.1 Å². The number of pyridine rings is 1. The standard InChI is InChI=1S/C14H22N2O2/c1-4-8-13(14(17)18-5-2)16-11(3)12-9-6-7-10-15-12/h6-7,9-11,13,16H,4-5,8H2,1-3H3/t11-,13?/m0/s1. The molecule has 0 aliphatic carbocycles. The smallest absolute Gasteiger partial charge is 0.323 e. The molecular weight excluding hydrogens is 228 g/mol. The topological polar surface area (TPSA) is 51.2 Å². The molecule has 0 aliphatic heterocycles. The summed E-state index contributed by atoms with van der Waals surface area (Å²) in [5.74, 6) is -0.179. The minimum atomic E-state index is -0.257. The molecule has 0 fully saturated rings. The van der Waals surface area contributed by atoms with E-state index in [1.165, 1.54) is 0 Å². The lowest BCUT2D eigenvalue weighted by Crippen LogP contribution is -2.39. The number of carbonyl (C=O) groups is 1. The quantitative estimate of drug-likeness (QED) is 0.755. The van der Waals surface area contributed by atoms with Gasteiger partial charge < -0.3 is 4.74 Å². The van der Waals surface area contributed by atoms with Crippen LogP contribution in [0.1, 0.15) is 45.3 Å². The predicted molar refractivity (Wildman–Crippen MR) is 71.1 cm³/mol. The molecule has 1 aromatic heterocycles. The van der Waals surface area contributed by atoms with Crippen molar-refractivity contribution in [1.29, 1.82) is 0 Å². The Labute approximate surface area is 109 Å². The molecule has 1 rings (SSSR count). The van der Waals surface area contributed by atoms with E-state index in [-0.39, 0.29) is 18.1 Å². The van der Waals surface area contributed by atoms with Gasteiger partial charge in [-0.1, -0.05) is 19.4 Å². The van der Waals surface area contributed by atoms with Gasteiger partial charge in [-0.2, -0.15) is 0 Å². The molecule has 1 N–H and O–H groups in total. The molecule has 0 saturated carbocycles. The lowest BCUT2D eigenvalue weighted by atomic mass is 10.1. The zero-order valence-electron chi connectivity index (χ0n) is 11.3. The number of nitrogens with zero attached hydrogens (tertiary/aromatic N) is 1. The van der Waals surface area contributed by atoms with Crippen molar-refractivity contribution in [2.45, 2.75) is 45.7 Å². The molecule has 0 amide bonds. The molecule has 1 unspecified atom stereocenters. The Balaban J connectivity index is 2.63. The van der Waals surface area contributed by atoms with Crippen LogP contribution in [0, 0.1) is 0 Å². The molecule has 2 atom stereocenters. The summed E-state index contributed by atoms with van der Waals surface area (Å²) in [6, 6.07) is 5.55. The molecule has 0 radical (unpaired) electrons. The summed E-state index contributed by atoms with van der Waals surface area (Å²) in [5.41, 5.74) is 0.933. The van der Waals surface area contributed by atoms with Crippen molar-refractivity contribution in [2.75, 3.05) is 6.61 Å². The Bertz CT molecular complexity index is 354. The van der Waals surface area contributed by atoms with Gasteiger partial charge in [0.15, 0.2) is 0 Å². The highest BCUT2D eigenvalue weighted by Crippen LogP contribution is 2.11. The molecule has 18 heavy (non-hydrogen) atoms. The number of rotatable bonds is 7. The Morgan fingerprint density at radius 3 is 2.78 bits per heavy atom. The minimum Gasteiger partial charge on any atom is -0.465 e. The summed E-state index contributed by atoms with van der Waals surface area (Å²) in [5, 5.41) is 3.28. The van der Waals surface area contributed by atoms with E-state index in [0.29, 0.717) is 6.61 Å². The molecule has 4 nitrogen and oxygen atoms in total. The first-order valence-electron chi connectivity index (χ1n) is 6.52. The molecule has 4 heteroatoms. The molecular formula is C14H22N2O2. The first-order chi connectivity index (χ1) is 8.69. The Morgan fingerprint density at radius 2 is 2.22 bits per heavy atom. The van der Waals surface area contributed by atoms with Gasteiger partial charge in [0.2, 0.25) is 0 Å². The average molecular weight is 250 g/mol. The van der Waals surface area contributed by atoms with Crippen molar-refractivity contribution >= 4 is 5.97 Å². The predicted octanol–water partition coefficient (Wildman–Crippen LogP) is 2.46. The van der Waals surface area contributed by atoms with E-state index < -0.39 is 0 Å². The highest BCUT2D eigenvalue weighted by molar-refractivity contribution is 5.75. The van der Waals surface area contributed by atoms with E-state index >= 15 is 0 Å². The Hall–Kier alpha value is -1.42. The number of aromatic nitrogens is 1. The van der Waals surface area contributed by atoms with Crippen LogP contribution in [0.2, 0.25) is 0 Å². The van der Waals surface area contributed by atoms with Gasteiger partial charge in [-0.05, 0) is 32.4 Å². The molecule has 0 spiro atoms. The van der Waals surface area contributed by atoms with Gasteiger partial charge in [-0.15, -0.1) is 0 Å². The van der Waals surface area contributed by atoms with Crippen LogP contribution in [0.25, 0.3) is 0 Å². The second-order valence-corrected chi connectivity index (χ2v) is 4.24. The lowest BCUT2D eigenvalue weighted by Gasteiger charge is -2.21. The SMILES string of the molecule is CCCC(N[C@@H](C)c1ccccn1)C(=O)OCC. The maximum absolute atomic E-state index is 11.8. The fraction of sp³-hybridized carbons (Fsp3) is 0.571. The van der Waals surface area contributed by atoms with Gasteiger partial charge in [0.1, 0.15) is 6.04 Å². The zero-order chi connectivity index (χ0) is 13.4. The Morgan fingerprint density at radius 1 is 1.44 bits per heavy atom. The van der Waals surface area contributed by atoms with Crippen molar-refractivity contribution in [1.82, 2.24) is 10.3 Å². The summed E-state index contributed by atoms with van der Waals surface area (Å²) < 4.78 is 5.07. The number of hydrogen-bond acceptors (Lipinski definition) is 4. The van der Waals surface area contributed by atoms with Crippen LogP contribution in [0.5, 0.6) is 0 Å². The van der Waals surface area contributed by atoms with Crippen LogP contribution in [0.4, 0.5) is 0 Å². The van der Waals surface area contributed by atoms with E-state index in [1.54, 1.807) is 6.20 Å². The average Bonchev–Trinajstić information content (AvgIpc) is 2.39. The van der Waals surface area contributed by atoms with E-state index in [9.17, 15) is 4.79 Å². The third-order valence-corrected chi connectivity index (χ3v) is 2.73. The fourth-order valence-corrected chi connectivity index (χ4v) is 1.82. The summed E-state index contributed by atoms with van der Waals surface area (Å²) in [7, 11) is 0.